The third kappa shape index (κ3) is 2.64. The molecule has 0 saturated carbocycles. The summed E-state index contributed by atoms with van der Waals surface area (Å²) in [6.45, 7) is 5.05. The predicted molar refractivity (Wildman–Crippen MR) is 59.5 cm³/mol. The van der Waals surface area contributed by atoms with Gasteiger partial charge in [-0.1, -0.05) is 0 Å². The first-order valence-corrected chi connectivity index (χ1v) is 5.22. The number of carbonyl (C=O) groups is 3. The normalized spacial score (nSPS) is 24.1. The molecule has 1 atom stereocenters. The largest absolute Gasteiger partial charge is 0.459 e. The fourth-order valence-corrected chi connectivity index (χ4v) is 1.57. The van der Waals surface area contributed by atoms with Crippen LogP contribution in [0.5, 0.6) is 0 Å². The number of terminal acetylenes is 1. The maximum absolute atomic E-state index is 12.0. The van der Waals surface area contributed by atoms with E-state index in [1.807, 2.05) is 0 Å². The standard InChI is InChI=1S/C12H15NO4/c1-5-6-12(7-8(14)13-9(12)15)10(16)17-11(2,3)4/h1H,6-7H2,2-4H3,(H,13,14,15). The molecule has 0 aromatic heterocycles. The third-order valence-electron chi connectivity index (χ3n) is 2.34. The highest BCUT2D eigenvalue weighted by atomic mass is 16.6. The van der Waals surface area contributed by atoms with Crippen LogP contribution in [-0.4, -0.2) is 23.4 Å². The molecular weight excluding hydrogens is 222 g/mol. The van der Waals surface area contributed by atoms with E-state index in [1.54, 1.807) is 20.8 Å². The van der Waals surface area contributed by atoms with Crippen molar-refractivity contribution in [2.24, 2.45) is 5.41 Å². The fraction of sp³-hybridized carbons (Fsp3) is 0.583. The van der Waals surface area contributed by atoms with Crippen LogP contribution in [0.3, 0.4) is 0 Å². The minimum absolute atomic E-state index is 0.139. The molecule has 1 heterocycles. The van der Waals surface area contributed by atoms with E-state index < -0.39 is 28.8 Å². The molecule has 0 bridgehead atoms. The Morgan fingerprint density at radius 3 is 2.47 bits per heavy atom. The summed E-state index contributed by atoms with van der Waals surface area (Å²) in [6, 6.07) is 0. The minimum atomic E-state index is -1.56. The van der Waals surface area contributed by atoms with E-state index in [4.69, 9.17) is 11.2 Å². The van der Waals surface area contributed by atoms with Gasteiger partial charge in [0.15, 0.2) is 5.41 Å². The van der Waals surface area contributed by atoms with Crippen molar-refractivity contribution in [3.63, 3.8) is 0 Å². The minimum Gasteiger partial charge on any atom is -0.459 e. The van der Waals surface area contributed by atoms with Crippen LogP contribution in [0.25, 0.3) is 0 Å². The van der Waals surface area contributed by atoms with Crippen LogP contribution >= 0.6 is 0 Å². The summed E-state index contributed by atoms with van der Waals surface area (Å²) >= 11 is 0. The van der Waals surface area contributed by atoms with Crippen LogP contribution in [0, 0.1) is 17.8 Å². The van der Waals surface area contributed by atoms with Crippen LogP contribution < -0.4 is 5.32 Å². The number of esters is 1. The second kappa shape index (κ2) is 4.21. The Balaban J connectivity index is 3.02. The third-order valence-corrected chi connectivity index (χ3v) is 2.34. The Hall–Kier alpha value is -1.83. The van der Waals surface area contributed by atoms with E-state index in [2.05, 4.69) is 11.2 Å². The average Bonchev–Trinajstić information content (AvgIpc) is 2.40. The summed E-state index contributed by atoms with van der Waals surface area (Å²) in [5.41, 5.74) is -2.29. The van der Waals surface area contributed by atoms with Crippen LogP contribution in [0.1, 0.15) is 33.6 Å². The smallest absolute Gasteiger partial charge is 0.323 e. The van der Waals surface area contributed by atoms with Crippen LogP contribution in [0.15, 0.2) is 0 Å². The number of nitrogens with one attached hydrogen (secondary N) is 1. The quantitative estimate of drug-likeness (QED) is 0.326. The van der Waals surface area contributed by atoms with Gasteiger partial charge in [0.1, 0.15) is 5.60 Å². The van der Waals surface area contributed by atoms with E-state index in [-0.39, 0.29) is 12.8 Å². The van der Waals surface area contributed by atoms with Gasteiger partial charge in [-0.3, -0.25) is 19.7 Å². The number of amides is 2. The van der Waals surface area contributed by atoms with Crippen molar-refractivity contribution in [1.29, 1.82) is 0 Å². The summed E-state index contributed by atoms with van der Waals surface area (Å²) in [6.07, 6.45) is 4.77. The predicted octanol–water partition coefficient (Wildman–Crippen LogP) is 0.384. The Labute approximate surface area is 99.9 Å². The molecule has 1 fully saturated rings. The lowest BCUT2D eigenvalue weighted by Crippen LogP contribution is -2.42. The number of hydrogen-bond acceptors (Lipinski definition) is 4. The lowest BCUT2D eigenvalue weighted by atomic mass is 9.83. The van der Waals surface area contributed by atoms with Gasteiger partial charge in [-0.15, -0.1) is 12.3 Å². The molecule has 5 nitrogen and oxygen atoms in total. The average molecular weight is 237 g/mol. The molecule has 0 aliphatic carbocycles. The van der Waals surface area contributed by atoms with Gasteiger partial charge in [0.05, 0.1) is 6.42 Å². The Morgan fingerprint density at radius 2 is 2.12 bits per heavy atom. The van der Waals surface area contributed by atoms with E-state index in [9.17, 15) is 14.4 Å². The van der Waals surface area contributed by atoms with Crippen LogP contribution in [-0.2, 0) is 19.1 Å². The summed E-state index contributed by atoms with van der Waals surface area (Å²) in [4.78, 5) is 34.9. The molecule has 1 N–H and O–H groups in total. The monoisotopic (exact) mass is 237 g/mol. The molecule has 17 heavy (non-hydrogen) atoms. The summed E-state index contributed by atoms with van der Waals surface area (Å²) in [7, 11) is 0. The summed E-state index contributed by atoms with van der Waals surface area (Å²) in [5.74, 6) is 0.335. The first-order chi connectivity index (χ1) is 7.71. The van der Waals surface area contributed by atoms with Crippen molar-refractivity contribution < 1.29 is 19.1 Å². The van der Waals surface area contributed by atoms with Crippen LogP contribution in [0.2, 0.25) is 0 Å². The van der Waals surface area contributed by atoms with Gasteiger partial charge >= 0.3 is 5.97 Å². The molecule has 0 aromatic rings. The molecule has 2 amide bonds. The Kier molecular flexibility index (Phi) is 3.28. The lowest BCUT2D eigenvalue weighted by Gasteiger charge is -2.27. The molecule has 1 saturated heterocycles. The number of hydrogen-bond donors (Lipinski definition) is 1. The van der Waals surface area contributed by atoms with Gasteiger partial charge < -0.3 is 4.74 Å². The molecule has 5 heteroatoms. The maximum atomic E-state index is 12.0. The lowest BCUT2D eigenvalue weighted by molar-refractivity contribution is -0.169. The second-order valence-electron chi connectivity index (χ2n) is 5.02. The highest BCUT2D eigenvalue weighted by molar-refractivity contribution is 6.16. The molecule has 1 aliphatic heterocycles. The zero-order valence-electron chi connectivity index (χ0n) is 10.1. The first kappa shape index (κ1) is 13.2. The van der Waals surface area contributed by atoms with E-state index in [0.29, 0.717) is 0 Å². The van der Waals surface area contributed by atoms with Crippen molar-refractivity contribution in [2.75, 3.05) is 0 Å². The van der Waals surface area contributed by atoms with Crippen molar-refractivity contribution in [3.05, 3.63) is 0 Å². The molecule has 0 radical (unpaired) electrons. The maximum Gasteiger partial charge on any atom is 0.323 e. The Morgan fingerprint density at radius 1 is 1.53 bits per heavy atom. The molecule has 1 unspecified atom stereocenters. The topological polar surface area (TPSA) is 72.5 Å². The van der Waals surface area contributed by atoms with Gasteiger partial charge in [0, 0.05) is 6.42 Å². The van der Waals surface area contributed by atoms with E-state index in [0.717, 1.165) is 0 Å². The molecule has 1 rings (SSSR count). The molecule has 92 valence electrons. The number of rotatable bonds is 2. The Bertz CT molecular complexity index is 413. The van der Waals surface area contributed by atoms with Crippen molar-refractivity contribution in [3.8, 4) is 12.3 Å². The fourth-order valence-electron chi connectivity index (χ4n) is 1.57. The van der Waals surface area contributed by atoms with Gasteiger partial charge in [-0.25, -0.2) is 0 Å². The number of carbonyl (C=O) groups excluding carboxylic acids is 3. The van der Waals surface area contributed by atoms with E-state index >= 15 is 0 Å². The molecule has 0 spiro atoms. The molecule has 0 aromatic carbocycles. The number of ether oxygens (including phenoxy) is 1. The second-order valence-corrected chi connectivity index (χ2v) is 5.02. The highest BCUT2D eigenvalue weighted by Gasteiger charge is 2.54. The van der Waals surface area contributed by atoms with Crippen molar-refractivity contribution in [2.45, 2.75) is 39.2 Å². The summed E-state index contributed by atoms with van der Waals surface area (Å²) in [5, 5.41) is 2.08. The van der Waals surface area contributed by atoms with Crippen LogP contribution in [0.4, 0.5) is 0 Å². The van der Waals surface area contributed by atoms with E-state index in [1.165, 1.54) is 0 Å². The highest BCUT2D eigenvalue weighted by Crippen LogP contribution is 2.34. The van der Waals surface area contributed by atoms with Gasteiger partial charge in [-0.05, 0) is 20.8 Å². The first-order valence-electron chi connectivity index (χ1n) is 5.22. The number of imide groups is 1. The zero-order valence-corrected chi connectivity index (χ0v) is 10.1. The van der Waals surface area contributed by atoms with Crippen molar-refractivity contribution >= 4 is 17.8 Å². The zero-order chi connectivity index (χ0) is 13.3. The molecule has 1 aliphatic rings. The van der Waals surface area contributed by atoms with Gasteiger partial charge in [0.2, 0.25) is 11.8 Å². The van der Waals surface area contributed by atoms with Crippen molar-refractivity contribution in [1.82, 2.24) is 5.32 Å². The SMILES string of the molecule is C#CCC1(C(=O)OC(C)(C)C)CC(=O)NC1=O. The van der Waals surface area contributed by atoms with Gasteiger partial charge in [0.25, 0.3) is 0 Å². The molecular formula is C12H15NO4. The summed E-state index contributed by atoms with van der Waals surface area (Å²) < 4.78 is 5.15. The van der Waals surface area contributed by atoms with Gasteiger partial charge in [-0.2, -0.15) is 0 Å².